The van der Waals surface area contributed by atoms with Crippen molar-refractivity contribution >= 4 is 6.03 Å². The molecule has 1 unspecified atom stereocenters. The van der Waals surface area contributed by atoms with Crippen molar-refractivity contribution in [3.8, 4) is 11.5 Å². The van der Waals surface area contributed by atoms with Gasteiger partial charge >= 0.3 is 6.03 Å². The van der Waals surface area contributed by atoms with Crippen LogP contribution in [-0.2, 0) is 0 Å². The van der Waals surface area contributed by atoms with Crippen LogP contribution in [0.3, 0.4) is 0 Å². The second kappa shape index (κ2) is 5.81. The molecule has 0 saturated carbocycles. The first kappa shape index (κ1) is 14.8. The molecule has 6 nitrogen and oxygen atoms in total. The zero-order valence-electron chi connectivity index (χ0n) is 10.8. The molecule has 0 radical (unpaired) electrons. The van der Waals surface area contributed by atoms with E-state index >= 15 is 0 Å². The lowest BCUT2D eigenvalue weighted by atomic mass is 10.1. The molecule has 0 aliphatic carbocycles. The second-order valence-electron chi connectivity index (χ2n) is 4.22. The van der Waals surface area contributed by atoms with Gasteiger partial charge in [0.1, 0.15) is 5.82 Å². The summed E-state index contributed by atoms with van der Waals surface area (Å²) < 4.78 is 43.4. The molecule has 1 heterocycles. The van der Waals surface area contributed by atoms with Crippen molar-refractivity contribution in [1.29, 1.82) is 0 Å². The van der Waals surface area contributed by atoms with Gasteiger partial charge in [-0.05, 0) is 25.1 Å². The maximum atomic E-state index is 13.2. The van der Waals surface area contributed by atoms with Crippen LogP contribution in [0.25, 0.3) is 11.5 Å². The molecule has 21 heavy (non-hydrogen) atoms. The summed E-state index contributed by atoms with van der Waals surface area (Å²) in [5, 5.41) is 5.94. The Kier molecular flexibility index (Phi) is 4.10. The number of aromatic nitrogens is 2. The minimum Gasteiger partial charge on any atom is -0.352 e. The number of rotatable bonds is 4. The molecule has 1 aromatic carbocycles. The number of alkyl halides is 2. The number of benzene rings is 1. The van der Waals surface area contributed by atoms with Gasteiger partial charge in [-0.25, -0.2) is 18.0 Å². The SMILES string of the molecule is CC(NC(N)=O)c1noc(-c2ccc(F)c(C(F)F)c2)n1. The molecule has 112 valence electrons. The number of hydrogen-bond donors (Lipinski definition) is 2. The van der Waals surface area contributed by atoms with Crippen molar-refractivity contribution in [2.45, 2.75) is 19.4 Å². The van der Waals surface area contributed by atoms with Crippen molar-refractivity contribution in [2.24, 2.45) is 5.73 Å². The number of carbonyl (C=O) groups is 1. The molecule has 2 amide bonds. The van der Waals surface area contributed by atoms with Gasteiger partial charge in [-0.2, -0.15) is 4.98 Å². The number of carbonyl (C=O) groups excluding carboxylic acids is 1. The van der Waals surface area contributed by atoms with Crippen LogP contribution >= 0.6 is 0 Å². The molecule has 0 fully saturated rings. The average Bonchev–Trinajstić information content (AvgIpc) is 2.87. The van der Waals surface area contributed by atoms with Gasteiger partial charge in [-0.3, -0.25) is 0 Å². The average molecular weight is 300 g/mol. The molecular weight excluding hydrogens is 289 g/mol. The summed E-state index contributed by atoms with van der Waals surface area (Å²) in [6, 6.07) is 1.69. The van der Waals surface area contributed by atoms with E-state index in [0.29, 0.717) is 0 Å². The molecule has 0 spiro atoms. The van der Waals surface area contributed by atoms with Gasteiger partial charge in [0.05, 0.1) is 11.6 Å². The van der Waals surface area contributed by atoms with Crippen LogP contribution in [0.15, 0.2) is 22.7 Å². The first-order chi connectivity index (χ1) is 9.88. The van der Waals surface area contributed by atoms with Gasteiger partial charge in [0.2, 0.25) is 0 Å². The molecule has 3 N–H and O–H groups in total. The molecule has 0 aliphatic rings. The van der Waals surface area contributed by atoms with Crippen LogP contribution in [0.4, 0.5) is 18.0 Å². The van der Waals surface area contributed by atoms with E-state index in [9.17, 15) is 18.0 Å². The number of halogens is 3. The topological polar surface area (TPSA) is 94.0 Å². The Morgan fingerprint density at radius 3 is 2.76 bits per heavy atom. The zero-order chi connectivity index (χ0) is 15.6. The third-order valence-electron chi connectivity index (χ3n) is 2.67. The molecule has 1 aromatic heterocycles. The zero-order valence-corrected chi connectivity index (χ0v) is 10.8. The van der Waals surface area contributed by atoms with Gasteiger partial charge in [0.15, 0.2) is 5.82 Å². The molecule has 1 atom stereocenters. The van der Waals surface area contributed by atoms with Crippen LogP contribution < -0.4 is 11.1 Å². The standard InChI is InChI=1S/C12H11F3N4O2/c1-5(17-12(16)20)10-18-11(21-19-10)6-2-3-8(13)7(4-6)9(14)15/h2-5,9H,1H3,(H3,16,17,20). The predicted octanol–water partition coefficient (Wildman–Crippen LogP) is 2.54. The number of hydrogen-bond acceptors (Lipinski definition) is 4. The molecular formula is C12H11F3N4O2. The highest BCUT2D eigenvalue weighted by molar-refractivity contribution is 5.72. The van der Waals surface area contributed by atoms with Gasteiger partial charge < -0.3 is 15.6 Å². The lowest BCUT2D eigenvalue weighted by molar-refractivity contribution is 0.146. The fraction of sp³-hybridized carbons (Fsp3) is 0.250. The maximum absolute atomic E-state index is 13.2. The number of nitrogens with one attached hydrogen (secondary N) is 1. The Labute approximate surface area is 117 Å². The van der Waals surface area contributed by atoms with E-state index in [0.717, 1.165) is 12.1 Å². The summed E-state index contributed by atoms with van der Waals surface area (Å²) in [4.78, 5) is 14.7. The quantitative estimate of drug-likeness (QED) is 0.907. The Hall–Kier alpha value is -2.58. The number of urea groups is 1. The lowest BCUT2D eigenvalue weighted by Gasteiger charge is -2.05. The lowest BCUT2D eigenvalue weighted by Crippen LogP contribution is -2.32. The van der Waals surface area contributed by atoms with Crippen molar-refractivity contribution in [1.82, 2.24) is 15.5 Å². The number of amides is 2. The minimum absolute atomic E-state index is 0.0648. The van der Waals surface area contributed by atoms with Crippen molar-refractivity contribution in [2.75, 3.05) is 0 Å². The number of primary amides is 1. The predicted molar refractivity (Wildman–Crippen MR) is 65.8 cm³/mol. The van der Waals surface area contributed by atoms with Crippen molar-refractivity contribution in [3.05, 3.63) is 35.4 Å². The smallest absolute Gasteiger partial charge is 0.312 e. The van der Waals surface area contributed by atoms with Crippen LogP contribution in [0.2, 0.25) is 0 Å². The molecule has 2 rings (SSSR count). The first-order valence-electron chi connectivity index (χ1n) is 5.86. The van der Waals surface area contributed by atoms with E-state index in [1.807, 2.05) is 0 Å². The monoisotopic (exact) mass is 300 g/mol. The van der Waals surface area contributed by atoms with Crippen LogP contribution in [0, 0.1) is 5.82 Å². The Balaban J connectivity index is 2.29. The van der Waals surface area contributed by atoms with Crippen LogP contribution in [0.5, 0.6) is 0 Å². The van der Waals surface area contributed by atoms with Crippen molar-refractivity contribution in [3.63, 3.8) is 0 Å². The summed E-state index contributed by atoms with van der Waals surface area (Å²) in [6.45, 7) is 1.56. The molecule has 9 heteroatoms. The van der Waals surface area contributed by atoms with Crippen LogP contribution in [0.1, 0.15) is 30.8 Å². The summed E-state index contributed by atoms with van der Waals surface area (Å²) in [6.07, 6.45) is -2.96. The normalized spacial score (nSPS) is 12.4. The first-order valence-corrected chi connectivity index (χ1v) is 5.86. The van der Waals surface area contributed by atoms with Crippen LogP contribution in [-0.4, -0.2) is 16.2 Å². The molecule has 0 saturated heterocycles. The molecule has 2 aromatic rings. The van der Waals surface area contributed by atoms with E-state index in [4.69, 9.17) is 10.3 Å². The number of nitrogens with two attached hydrogens (primary N) is 1. The molecule has 0 bridgehead atoms. The highest BCUT2D eigenvalue weighted by Crippen LogP contribution is 2.27. The minimum atomic E-state index is -2.96. The van der Waals surface area contributed by atoms with Gasteiger partial charge in [-0.1, -0.05) is 5.16 Å². The summed E-state index contributed by atoms with van der Waals surface area (Å²) >= 11 is 0. The Bertz CT molecular complexity index is 660. The van der Waals surface area contributed by atoms with E-state index in [1.165, 1.54) is 6.07 Å². The van der Waals surface area contributed by atoms with Gasteiger partial charge in [-0.15, -0.1) is 0 Å². The second-order valence-corrected chi connectivity index (χ2v) is 4.22. The largest absolute Gasteiger partial charge is 0.352 e. The third kappa shape index (κ3) is 3.30. The Morgan fingerprint density at radius 2 is 2.14 bits per heavy atom. The number of nitrogens with zero attached hydrogens (tertiary/aromatic N) is 2. The fourth-order valence-electron chi connectivity index (χ4n) is 1.65. The highest BCUT2D eigenvalue weighted by atomic mass is 19.3. The van der Waals surface area contributed by atoms with Crippen molar-refractivity contribution < 1.29 is 22.5 Å². The van der Waals surface area contributed by atoms with E-state index in [1.54, 1.807) is 6.92 Å². The van der Waals surface area contributed by atoms with Gasteiger partial charge in [0.25, 0.3) is 12.3 Å². The molecule has 0 aliphatic heterocycles. The van der Waals surface area contributed by atoms with E-state index < -0.39 is 29.9 Å². The summed E-state index contributed by atoms with van der Waals surface area (Å²) in [5.41, 5.74) is 4.35. The highest BCUT2D eigenvalue weighted by Gasteiger charge is 2.19. The summed E-state index contributed by atoms with van der Waals surface area (Å²) in [7, 11) is 0. The Morgan fingerprint density at radius 1 is 1.43 bits per heavy atom. The fourth-order valence-corrected chi connectivity index (χ4v) is 1.65. The summed E-state index contributed by atoms with van der Waals surface area (Å²) in [5.74, 6) is -0.964. The third-order valence-corrected chi connectivity index (χ3v) is 2.67. The van der Waals surface area contributed by atoms with E-state index in [2.05, 4.69) is 15.5 Å². The van der Waals surface area contributed by atoms with Gasteiger partial charge in [0, 0.05) is 5.56 Å². The maximum Gasteiger partial charge on any atom is 0.312 e. The van der Waals surface area contributed by atoms with E-state index in [-0.39, 0.29) is 17.3 Å².